The van der Waals surface area contributed by atoms with E-state index in [1.807, 2.05) is 0 Å². The van der Waals surface area contributed by atoms with Crippen LogP contribution in [-0.2, 0) is 17.8 Å². The standard InChI is InChI=1S/C8H15N5O/c1-14-8(3-2-4-8)6-13-7(5-9)10-11-12-13/h2-6,9H2,1H3. The molecule has 1 saturated carbocycles. The molecule has 1 aromatic heterocycles. The Kier molecular flexibility index (Phi) is 2.47. The summed E-state index contributed by atoms with van der Waals surface area (Å²) < 4.78 is 7.23. The Morgan fingerprint density at radius 3 is 2.86 bits per heavy atom. The average molecular weight is 197 g/mol. The van der Waals surface area contributed by atoms with E-state index in [0.29, 0.717) is 18.9 Å². The molecule has 0 saturated heterocycles. The average Bonchev–Trinajstić information content (AvgIpc) is 2.58. The molecule has 1 fully saturated rings. The van der Waals surface area contributed by atoms with Crippen molar-refractivity contribution in [2.45, 2.75) is 38.0 Å². The van der Waals surface area contributed by atoms with Crippen molar-refractivity contribution in [1.29, 1.82) is 0 Å². The van der Waals surface area contributed by atoms with Crippen LogP contribution in [0.15, 0.2) is 0 Å². The monoisotopic (exact) mass is 197 g/mol. The van der Waals surface area contributed by atoms with E-state index < -0.39 is 0 Å². The largest absolute Gasteiger partial charge is 0.376 e. The van der Waals surface area contributed by atoms with Gasteiger partial charge in [-0.05, 0) is 29.7 Å². The number of hydrogen-bond donors (Lipinski definition) is 1. The molecule has 78 valence electrons. The van der Waals surface area contributed by atoms with Gasteiger partial charge in [0.05, 0.1) is 18.7 Å². The molecule has 0 spiro atoms. The number of hydrogen-bond acceptors (Lipinski definition) is 5. The van der Waals surface area contributed by atoms with Gasteiger partial charge < -0.3 is 10.5 Å². The van der Waals surface area contributed by atoms with Crippen molar-refractivity contribution in [2.75, 3.05) is 7.11 Å². The van der Waals surface area contributed by atoms with Crippen LogP contribution in [0.4, 0.5) is 0 Å². The lowest BCUT2D eigenvalue weighted by Gasteiger charge is -2.40. The number of aromatic nitrogens is 4. The predicted molar refractivity (Wildman–Crippen MR) is 49.3 cm³/mol. The summed E-state index contributed by atoms with van der Waals surface area (Å²) >= 11 is 0. The van der Waals surface area contributed by atoms with Gasteiger partial charge in [-0.1, -0.05) is 0 Å². The summed E-state index contributed by atoms with van der Waals surface area (Å²) in [6.45, 7) is 1.08. The summed E-state index contributed by atoms with van der Waals surface area (Å²) in [4.78, 5) is 0. The molecule has 14 heavy (non-hydrogen) atoms. The Hall–Kier alpha value is -1.01. The summed E-state index contributed by atoms with van der Waals surface area (Å²) in [6, 6.07) is 0. The van der Waals surface area contributed by atoms with Crippen LogP contribution in [0.3, 0.4) is 0 Å². The summed E-state index contributed by atoms with van der Waals surface area (Å²) in [5.74, 6) is 0.716. The lowest BCUT2D eigenvalue weighted by atomic mass is 9.80. The summed E-state index contributed by atoms with van der Waals surface area (Å²) in [5, 5.41) is 11.3. The van der Waals surface area contributed by atoms with Gasteiger partial charge in [0.1, 0.15) is 0 Å². The van der Waals surface area contributed by atoms with Gasteiger partial charge in [-0.3, -0.25) is 0 Å². The van der Waals surface area contributed by atoms with E-state index in [0.717, 1.165) is 12.8 Å². The first-order valence-corrected chi connectivity index (χ1v) is 4.80. The maximum absolute atomic E-state index is 5.51. The van der Waals surface area contributed by atoms with Crippen LogP contribution in [0.25, 0.3) is 0 Å². The van der Waals surface area contributed by atoms with Crippen LogP contribution >= 0.6 is 0 Å². The maximum atomic E-state index is 5.51. The molecule has 0 aliphatic heterocycles. The van der Waals surface area contributed by atoms with Crippen molar-refractivity contribution in [3.05, 3.63) is 5.82 Å². The number of methoxy groups -OCH3 is 1. The zero-order valence-electron chi connectivity index (χ0n) is 8.31. The molecule has 0 aromatic carbocycles. The Balaban J connectivity index is 2.09. The van der Waals surface area contributed by atoms with Crippen molar-refractivity contribution in [3.63, 3.8) is 0 Å². The minimum atomic E-state index is -0.0563. The van der Waals surface area contributed by atoms with Crippen LogP contribution in [-0.4, -0.2) is 32.9 Å². The van der Waals surface area contributed by atoms with E-state index in [2.05, 4.69) is 15.5 Å². The van der Waals surface area contributed by atoms with Crippen LogP contribution in [0.2, 0.25) is 0 Å². The van der Waals surface area contributed by atoms with Gasteiger partial charge in [-0.25, -0.2) is 4.68 Å². The van der Waals surface area contributed by atoms with Crippen LogP contribution in [0.1, 0.15) is 25.1 Å². The van der Waals surface area contributed by atoms with Crippen LogP contribution in [0.5, 0.6) is 0 Å². The third-order valence-electron chi connectivity index (χ3n) is 2.92. The minimum absolute atomic E-state index is 0.0563. The first-order valence-electron chi connectivity index (χ1n) is 4.80. The molecular formula is C8H15N5O. The predicted octanol–water partition coefficient (Wildman–Crippen LogP) is -0.299. The molecule has 6 nitrogen and oxygen atoms in total. The SMILES string of the molecule is COC1(Cn2nnnc2CN)CCC1. The fourth-order valence-corrected chi connectivity index (χ4v) is 1.76. The molecule has 0 radical (unpaired) electrons. The molecule has 0 amide bonds. The second-order valence-corrected chi connectivity index (χ2v) is 3.70. The van der Waals surface area contributed by atoms with Crippen molar-refractivity contribution in [1.82, 2.24) is 20.2 Å². The van der Waals surface area contributed by atoms with E-state index in [9.17, 15) is 0 Å². The molecule has 1 aliphatic carbocycles. The van der Waals surface area contributed by atoms with Gasteiger partial charge in [0.2, 0.25) is 0 Å². The fraction of sp³-hybridized carbons (Fsp3) is 0.875. The van der Waals surface area contributed by atoms with E-state index in [1.54, 1.807) is 11.8 Å². The summed E-state index contributed by atoms with van der Waals surface area (Å²) in [7, 11) is 1.74. The second kappa shape index (κ2) is 3.62. The van der Waals surface area contributed by atoms with Crippen LogP contribution in [0, 0.1) is 0 Å². The van der Waals surface area contributed by atoms with Crippen molar-refractivity contribution < 1.29 is 4.74 Å². The van der Waals surface area contributed by atoms with Gasteiger partial charge in [0.15, 0.2) is 5.82 Å². The number of nitrogens with zero attached hydrogens (tertiary/aromatic N) is 4. The van der Waals surface area contributed by atoms with E-state index in [1.165, 1.54) is 6.42 Å². The zero-order chi connectivity index (χ0) is 10.0. The van der Waals surface area contributed by atoms with Crippen molar-refractivity contribution in [2.24, 2.45) is 5.73 Å². The highest BCUT2D eigenvalue weighted by Gasteiger charge is 2.38. The smallest absolute Gasteiger partial charge is 0.164 e. The maximum Gasteiger partial charge on any atom is 0.164 e. The van der Waals surface area contributed by atoms with Gasteiger partial charge in [0, 0.05) is 7.11 Å². The Morgan fingerprint density at radius 1 is 1.57 bits per heavy atom. The highest BCUT2D eigenvalue weighted by atomic mass is 16.5. The number of tetrazole rings is 1. The fourth-order valence-electron chi connectivity index (χ4n) is 1.76. The number of ether oxygens (including phenoxy) is 1. The van der Waals surface area contributed by atoms with Gasteiger partial charge in [0.25, 0.3) is 0 Å². The Labute approximate surface area is 82.4 Å². The van der Waals surface area contributed by atoms with Gasteiger partial charge in [-0.15, -0.1) is 5.10 Å². The molecular weight excluding hydrogens is 182 g/mol. The molecule has 2 rings (SSSR count). The van der Waals surface area contributed by atoms with E-state index in [-0.39, 0.29) is 5.60 Å². The first-order chi connectivity index (χ1) is 6.79. The summed E-state index contributed by atoms with van der Waals surface area (Å²) in [6.07, 6.45) is 3.37. The second-order valence-electron chi connectivity index (χ2n) is 3.70. The Bertz CT molecular complexity index is 301. The molecule has 1 aliphatic rings. The lowest BCUT2D eigenvalue weighted by Crippen LogP contribution is -2.43. The quantitative estimate of drug-likeness (QED) is 0.717. The van der Waals surface area contributed by atoms with E-state index in [4.69, 9.17) is 10.5 Å². The zero-order valence-corrected chi connectivity index (χ0v) is 8.31. The molecule has 0 unspecified atom stereocenters. The lowest BCUT2D eigenvalue weighted by molar-refractivity contribution is -0.0863. The normalized spacial score (nSPS) is 19.3. The number of nitrogens with two attached hydrogens (primary N) is 1. The Morgan fingerprint density at radius 2 is 2.36 bits per heavy atom. The van der Waals surface area contributed by atoms with Crippen molar-refractivity contribution >= 4 is 0 Å². The molecule has 0 bridgehead atoms. The molecule has 6 heteroatoms. The molecule has 1 aromatic rings. The molecule has 1 heterocycles. The number of rotatable bonds is 4. The van der Waals surface area contributed by atoms with Crippen molar-refractivity contribution in [3.8, 4) is 0 Å². The molecule has 0 atom stereocenters. The van der Waals surface area contributed by atoms with E-state index >= 15 is 0 Å². The topological polar surface area (TPSA) is 78.8 Å². The van der Waals surface area contributed by atoms with Gasteiger partial charge >= 0.3 is 0 Å². The minimum Gasteiger partial charge on any atom is -0.376 e. The third kappa shape index (κ3) is 1.51. The first kappa shape index (κ1) is 9.54. The highest BCUT2D eigenvalue weighted by Crippen LogP contribution is 2.36. The van der Waals surface area contributed by atoms with Gasteiger partial charge in [-0.2, -0.15) is 0 Å². The molecule has 2 N–H and O–H groups in total. The summed E-state index contributed by atoms with van der Waals surface area (Å²) in [5.41, 5.74) is 5.45. The van der Waals surface area contributed by atoms with Crippen LogP contribution < -0.4 is 5.73 Å². The third-order valence-corrected chi connectivity index (χ3v) is 2.92. The highest BCUT2D eigenvalue weighted by molar-refractivity contribution is 4.91.